The monoisotopic (exact) mass is 629 g/mol. The van der Waals surface area contributed by atoms with Crippen molar-refractivity contribution in [1.29, 1.82) is 5.26 Å². The van der Waals surface area contributed by atoms with Crippen molar-refractivity contribution < 1.29 is 31.1 Å². The van der Waals surface area contributed by atoms with Gasteiger partial charge in [-0.3, -0.25) is 4.79 Å². The van der Waals surface area contributed by atoms with Gasteiger partial charge in [-0.05, 0) is 116 Å². The zero-order valence-electron chi connectivity index (χ0n) is 25.4. The summed E-state index contributed by atoms with van der Waals surface area (Å²) in [4.78, 5) is 15.8. The SMILES string of the molecule is CC1C=CC2=C(C1)C(C)CC21CCN(CCC(C(=O)NCc2cc(C(F)(F)F)cc(C(F)(F)F)c2)c2cccc(C#N)c2)CC1. The second-order valence-electron chi connectivity index (χ2n) is 12.9. The number of carbonyl (C=O) groups excluding carboxylic acids is 1. The van der Waals surface area contributed by atoms with E-state index in [0.717, 1.165) is 38.8 Å². The molecule has 4 nitrogen and oxygen atoms in total. The van der Waals surface area contributed by atoms with Crippen LogP contribution >= 0.6 is 0 Å². The van der Waals surface area contributed by atoms with Crippen molar-refractivity contribution in [3.63, 3.8) is 0 Å². The van der Waals surface area contributed by atoms with Crippen molar-refractivity contribution in [2.45, 2.75) is 70.8 Å². The number of rotatable bonds is 7. The zero-order chi connectivity index (χ0) is 32.6. The molecule has 240 valence electrons. The van der Waals surface area contributed by atoms with E-state index in [9.17, 15) is 36.4 Å². The number of hydrogen-bond donors (Lipinski definition) is 1. The molecule has 3 aliphatic rings. The maximum absolute atomic E-state index is 13.5. The number of halogens is 6. The number of nitrogens with zero attached hydrogens (tertiary/aromatic N) is 2. The summed E-state index contributed by atoms with van der Waals surface area (Å²) < 4.78 is 80.1. The van der Waals surface area contributed by atoms with E-state index in [1.54, 1.807) is 29.8 Å². The van der Waals surface area contributed by atoms with Crippen LogP contribution in [0.3, 0.4) is 0 Å². The lowest BCUT2D eigenvalue weighted by Crippen LogP contribution is -2.41. The molecule has 1 aliphatic heterocycles. The number of nitrogens with one attached hydrogen (secondary N) is 1. The highest BCUT2D eigenvalue weighted by Gasteiger charge is 2.45. The Balaban J connectivity index is 1.28. The Bertz CT molecular complexity index is 1490. The molecule has 2 aliphatic carbocycles. The lowest BCUT2D eigenvalue weighted by Gasteiger charge is -2.42. The second-order valence-corrected chi connectivity index (χ2v) is 12.9. The summed E-state index contributed by atoms with van der Waals surface area (Å²) in [6.07, 6.45) is -0.609. The minimum atomic E-state index is -4.98. The molecule has 3 unspecified atom stereocenters. The molecule has 1 spiro atoms. The third-order valence-electron chi connectivity index (χ3n) is 9.74. The van der Waals surface area contributed by atoms with Gasteiger partial charge in [0, 0.05) is 6.54 Å². The molecule has 0 bridgehead atoms. The zero-order valence-corrected chi connectivity index (χ0v) is 25.4. The normalized spacial score (nSPS) is 22.3. The average molecular weight is 630 g/mol. The standard InChI is InChI=1S/C35H37F6N3O/c1-22-6-7-31-30(14-22)23(2)19-33(31)9-12-44(13-10-33)11-8-29(26-5-3-4-24(15-26)20-42)32(45)43-21-25-16-27(34(36,37)38)18-28(17-25)35(39,40)41/h3-7,15-18,22-23,29H,8-14,19,21H2,1-2H3,(H,43,45). The van der Waals surface area contributed by atoms with Gasteiger partial charge < -0.3 is 10.2 Å². The molecule has 1 amide bonds. The first-order chi connectivity index (χ1) is 21.2. The van der Waals surface area contributed by atoms with Crippen LogP contribution in [0.1, 0.15) is 79.7 Å². The van der Waals surface area contributed by atoms with E-state index >= 15 is 0 Å². The van der Waals surface area contributed by atoms with Crippen LogP contribution in [0.4, 0.5) is 26.3 Å². The summed E-state index contributed by atoms with van der Waals surface area (Å²) >= 11 is 0. The number of carbonyl (C=O) groups is 1. The lowest BCUT2D eigenvalue weighted by molar-refractivity contribution is -0.143. The van der Waals surface area contributed by atoms with Crippen molar-refractivity contribution in [1.82, 2.24) is 10.2 Å². The van der Waals surface area contributed by atoms with Crippen LogP contribution in [0.2, 0.25) is 0 Å². The summed E-state index contributed by atoms with van der Waals surface area (Å²) in [5.74, 6) is -0.135. The van der Waals surface area contributed by atoms with Gasteiger partial charge >= 0.3 is 12.4 Å². The minimum absolute atomic E-state index is 0.0684. The van der Waals surface area contributed by atoms with Crippen molar-refractivity contribution in [3.8, 4) is 6.07 Å². The maximum Gasteiger partial charge on any atom is 0.416 e. The summed E-state index contributed by atoms with van der Waals surface area (Å²) in [5, 5.41) is 12.0. The highest BCUT2D eigenvalue weighted by Crippen LogP contribution is 2.55. The van der Waals surface area contributed by atoms with Crippen LogP contribution in [-0.2, 0) is 23.7 Å². The highest BCUT2D eigenvalue weighted by atomic mass is 19.4. The van der Waals surface area contributed by atoms with E-state index in [-0.39, 0.29) is 17.0 Å². The minimum Gasteiger partial charge on any atom is -0.351 e. The molecular weight excluding hydrogens is 592 g/mol. The molecule has 1 heterocycles. The fourth-order valence-corrected chi connectivity index (χ4v) is 7.39. The maximum atomic E-state index is 13.5. The number of alkyl halides is 6. The molecule has 10 heteroatoms. The predicted octanol–water partition coefficient (Wildman–Crippen LogP) is 8.40. The molecule has 1 N–H and O–H groups in total. The third kappa shape index (κ3) is 7.30. The van der Waals surface area contributed by atoms with E-state index in [0.29, 0.717) is 48.1 Å². The Morgan fingerprint density at radius 3 is 2.33 bits per heavy atom. The fraction of sp³-hybridized carbons (Fsp3) is 0.486. The Morgan fingerprint density at radius 2 is 1.71 bits per heavy atom. The van der Waals surface area contributed by atoms with Gasteiger partial charge in [0.1, 0.15) is 0 Å². The Kier molecular flexibility index (Phi) is 9.23. The first-order valence-corrected chi connectivity index (χ1v) is 15.4. The first kappa shape index (κ1) is 32.8. The molecule has 0 radical (unpaired) electrons. The quantitative estimate of drug-likeness (QED) is 0.313. The Labute approximate surface area is 259 Å². The van der Waals surface area contributed by atoms with E-state index in [4.69, 9.17) is 0 Å². The summed E-state index contributed by atoms with van der Waals surface area (Å²) in [7, 11) is 0. The van der Waals surface area contributed by atoms with Gasteiger partial charge in [-0.1, -0.05) is 43.7 Å². The van der Waals surface area contributed by atoms with Gasteiger partial charge in [-0.2, -0.15) is 31.6 Å². The average Bonchev–Trinajstić information content (AvgIpc) is 3.25. The number of piperidine rings is 1. The second kappa shape index (κ2) is 12.7. The summed E-state index contributed by atoms with van der Waals surface area (Å²) in [5.41, 5.74) is 1.05. The smallest absolute Gasteiger partial charge is 0.351 e. The number of fused-ring (bicyclic) bond motifs is 1. The van der Waals surface area contributed by atoms with Crippen LogP contribution in [0.25, 0.3) is 0 Å². The topological polar surface area (TPSA) is 56.1 Å². The number of hydrogen-bond acceptors (Lipinski definition) is 3. The van der Waals surface area contributed by atoms with Crippen LogP contribution in [-0.4, -0.2) is 30.4 Å². The molecule has 45 heavy (non-hydrogen) atoms. The first-order valence-electron chi connectivity index (χ1n) is 15.4. The van der Waals surface area contributed by atoms with Gasteiger partial charge in [-0.25, -0.2) is 0 Å². The van der Waals surface area contributed by atoms with Gasteiger partial charge in [0.2, 0.25) is 5.91 Å². The number of likely N-dealkylation sites (tertiary alicyclic amines) is 1. The molecule has 0 saturated carbocycles. The molecule has 1 saturated heterocycles. The van der Waals surface area contributed by atoms with Crippen molar-refractivity contribution in [3.05, 3.63) is 93.6 Å². The Hall–Kier alpha value is -3.58. The number of amides is 1. The van der Waals surface area contributed by atoms with E-state index in [2.05, 4.69) is 42.3 Å². The predicted molar refractivity (Wildman–Crippen MR) is 159 cm³/mol. The molecule has 2 aromatic carbocycles. The van der Waals surface area contributed by atoms with E-state index in [1.165, 1.54) is 5.57 Å². The third-order valence-corrected chi connectivity index (χ3v) is 9.74. The van der Waals surface area contributed by atoms with Crippen LogP contribution in [0.5, 0.6) is 0 Å². The molecule has 0 aromatic heterocycles. The van der Waals surface area contributed by atoms with Gasteiger partial charge in [0.25, 0.3) is 0 Å². The van der Waals surface area contributed by atoms with Crippen molar-refractivity contribution in [2.75, 3.05) is 19.6 Å². The van der Waals surface area contributed by atoms with Crippen LogP contribution in [0, 0.1) is 28.6 Å². The lowest BCUT2D eigenvalue weighted by atomic mass is 9.71. The summed E-state index contributed by atoms with van der Waals surface area (Å²) in [6.45, 7) is 6.38. The molecule has 1 fully saturated rings. The van der Waals surface area contributed by atoms with Crippen LogP contribution < -0.4 is 5.32 Å². The largest absolute Gasteiger partial charge is 0.416 e. The van der Waals surface area contributed by atoms with Gasteiger partial charge in [0.15, 0.2) is 0 Å². The molecule has 3 atom stereocenters. The summed E-state index contributed by atoms with van der Waals surface area (Å²) in [6, 6.07) is 9.95. The molecular formula is C35H37F6N3O. The van der Waals surface area contributed by atoms with Crippen molar-refractivity contribution >= 4 is 5.91 Å². The molecule has 2 aromatic rings. The van der Waals surface area contributed by atoms with Gasteiger partial charge in [0.05, 0.1) is 28.7 Å². The number of allylic oxidation sites excluding steroid dienone is 4. The van der Waals surface area contributed by atoms with E-state index in [1.807, 2.05) is 0 Å². The Morgan fingerprint density at radius 1 is 1.04 bits per heavy atom. The fourth-order valence-electron chi connectivity index (χ4n) is 7.39. The van der Waals surface area contributed by atoms with E-state index < -0.39 is 41.8 Å². The van der Waals surface area contributed by atoms with Crippen LogP contribution in [0.15, 0.2) is 65.8 Å². The number of nitriles is 1. The molecule has 5 rings (SSSR count). The van der Waals surface area contributed by atoms with Crippen molar-refractivity contribution in [2.24, 2.45) is 17.3 Å². The highest BCUT2D eigenvalue weighted by molar-refractivity contribution is 5.83. The number of benzene rings is 2. The van der Waals surface area contributed by atoms with Gasteiger partial charge in [-0.15, -0.1) is 0 Å².